The second kappa shape index (κ2) is 5.94. The zero-order valence-corrected chi connectivity index (χ0v) is 11.8. The largest absolute Gasteiger partial charge is 0.330 e. The van der Waals surface area contributed by atoms with E-state index >= 15 is 0 Å². The average molecular weight is 281 g/mol. The highest BCUT2D eigenvalue weighted by Crippen LogP contribution is 2.35. The van der Waals surface area contributed by atoms with Crippen molar-refractivity contribution in [1.82, 2.24) is 9.97 Å². The molecule has 0 spiro atoms. The Morgan fingerprint density at radius 1 is 1.00 bits per heavy atom. The van der Waals surface area contributed by atoms with Gasteiger partial charge in [0.1, 0.15) is 5.69 Å². The highest BCUT2D eigenvalue weighted by Gasteiger charge is 2.15. The number of rotatable bonds is 4. The van der Waals surface area contributed by atoms with Crippen LogP contribution in [0.3, 0.4) is 0 Å². The lowest BCUT2D eigenvalue weighted by Gasteiger charge is -2.01. The van der Waals surface area contributed by atoms with Crippen LogP contribution in [0, 0.1) is 0 Å². The number of hydrogen-bond donors (Lipinski definition) is 1. The fourth-order valence-electron chi connectivity index (χ4n) is 2.06. The van der Waals surface area contributed by atoms with Crippen LogP contribution in [0.1, 0.15) is 5.01 Å². The SMILES string of the molecule is NCCc1nc(-c2ccccn2)c(-c2ccccc2)s1. The van der Waals surface area contributed by atoms with E-state index in [-0.39, 0.29) is 0 Å². The van der Waals surface area contributed by atoms with Crippen LogP contribution in [-0.4, -0.2) is 16.5 Å². The lowest BCUT2D eigenvalue weighted by Crippen LogP contribution is -2.02. The molecule has 0 amide bonds. The lowest BCUT2D eigenvalue weighted by atomic mass is 10.1. The Balaban J connectivity index is 2.13. The van der Waals surface area contributed by atoms with Gasteiger partial charge in [0.25, 0.3) is 0 Å². The van der Waals surface area contributed by atoms with E-state index in [1.807, 2.05) is 36.4 Å². The highest BCUT2D eigenvalue weighted by atomic mass is 32.1. The molecular weight excluding hydrogens is 266 g/mol. The number of nitrogens with zero attached hydrogens (tertiary/aromatic N) is 2. The molecule has 0 aliphatic rings. The molecule has 4 heteroatoms. The fraction of sp³-hybridized carbons (Fsp3) is 0.125. The first-order valence-electron chi connectivity index (χ1n) is 6.55. The Labute approximate surface area is 122 Å². The summed E-state index contributed by atoms with van der Waals surface area (Å²) in [4.78, 5) is 10.3. The molecule has 3 nitrogen and oxygen atoms in total. The third-order valence-electron chi connectivity index (χ3n) is 2.97. The van der Waals surface area contributed by atoms with E-state index in [2.05, 4.69) is 17.1 Å². The van der Waals surface area contributed by atoms with Crippen molar-refractivity contribution < 1.29 is 0 Å². The van der Waals surface area contributed by atoms with Gasteiger partial charge in [0.05, 0.1) is 15.6 Å². The number of hydrogen-bond acceptors (Lipinski definition) is 4. The van der Waals surface area contributed by atoms with Crippen molar-refractivity contribution in [1.29, 1.82) is 0 Å². The Morgan fingerprint density at radius 3 is 2.50 bits per heavy atom. The molecule has 0 aliphatic carbocycles. The summed E-state index contributed by atoms with van der Waals surface area (Å²) in [5.41, 5.74) is 8.68. The summed E-state index contributed by atoms with van der Waals surface area (Å²) >= 11 is 1.70. The Morgan fingerprint density at radius 2 is 1.80 bits per heavy atom. The average Bonchev–Trinajstić information content (AvgIpc) is 2.93. The zero-order chi connectivity index (χ0) is 13.8. The van der Waals surface area contributed by atoms with Gasteiger partial charge in [-0.2, -0.15) is 0 Å². The molecule has 2 heterocycles. The normalized spacial score (nSPS) is 10.7. The molecule has 0 aliphatic heterocycles. The van der Waals surface area contributed by atoms with Crippen molar-refractivity contribution in [2.75, 3.05) is 6.54 Å². The molecule has 0 saturated carbocycles. The molecule has 3 aromatic rings. The molecule has 0 unspecified atom stereocenters. The second-order valence-electron chi connectivity index (χ2n) is 4.41. The molecule has 0 fully saturated rings. The second-order valence-corrected chi connectivity index (χ2v) is 5.49. The van der Waals surface area contributed by atoms with Gasteiger partial charge in [0, 0.05) is 12.6 Å². The monoisotopic (exact) mass is 281 g/mol. The van der Waals surface area contributed by atoms with Gasteiger partial charge < -0.3 is 5.73 Å². The van der Waals surface area contributed by atoms with Gasteiger partial charge in [0.2, 0.25) is 0 Å². The number of aromatic nitrogens is 2. The van der Waals surface area contributed by atoms with Gasteiger partial charge in [-0.15, -0.1) is 11.3 Å². The van der Waals surface area contributed by atoms with Crippen molar-refractivity contribution in [3.05, 3.63) is 59.7 Å². The Hall–Kier alpha value is -2.04. The van der Waals surface area contributed by atoms with Crippen LogP contribution in [0.2, 0.25) is 0 Å². The van der Waals surface area contributed by atoms with Gasteiger partial charge in [-0.3, -0.25) is 4.98 Å². The third-order valence-corrected chi connectivity index (χ3v) is 4.14. The lowest BCUT2D eigenvalue weighted by molar-refractivity contribution is 0.953. The van der Waals surface area contributed by atoms with E-state index in [9.17, 15) is 0 Å². The molecule has 0 radical (unpaired) electrons. The Kier molecular flexibility index (Phi) is 3.85. The van der Waals surface area contributed by atoms with E-state index < -0.39 is 0 Å². The quantitative estimate of drug-likeness (QED) is 0.797. The number of thiazole rings is 1. The van der Waals surface area contributed by atoms with Crippen LogP contribution >= 0.6 is 11.3 Å². The van der Waals surface area contributed by atoms with Crippen molar-refractivity contribution in [2.45, 2.75) is 6.42 Å². The summed E-state index contributed by atoms with van der Waals surface area (Å²) in [6, 6.07) is 16.2. The van der Waals surface area contributed by atoms with E-state index in [4.69, 9.17) is 10.7 Å². The maximum atomic E-state index is 5.65. The highest BCUT2D eigenvalue weighted by molar-refractivity contribution is 7.15. The summed E-state index contributed by atoms with van der Waals surface area (Å²) in [6.07, 6.45) is 2.60. The molecule has 0 atom stereocenters. The molecule has 100 valence electrons. The fourth-order valence-corrected chi connectivity index (χ4v) is 3.15. The third kappa shape index (κ3) is 2.61. The summed E-state index contributed by atoms with van der Waals surface area (Å²) in [6.45, 7) is 0.614. The summed E-state index contributed by atoms with van der Waals surface area (Å²) in [5.74, 6) is 0. The van der Waals surface area contributed by atoms with Crippen LogP contribution in [0.15, 0.2) is 54.7 Å². The summed E-state index contributed by atoms with van der Waals surface area (Å²) in [5, 5.41) is 1.06. The molecule has 3 rings (SSSR count). The maximum absolute atomic E-state index is 5.65. The number of pyridine rings is 1. The van der Waals surface area contributed by atoms with E-state index in [1.54, 1.807) is 17.5 Å². The molecule has 0 bridgehead atoms. The van der Waals surface area contributed by atoms with E-state index in [1.165, 1.54) is 5.56 Å². The van der Waals surface area contributed by atoms with E-state index in [0.717, 1.165) is 27.7 Å². The van der Waals surface area contributed by atoms with Crippen molar-refractivity contribution in [3.63, 3.8) is 0 Å². The molecule has 2 aromatic heterocycles. The molecule has 1 aromatic carbocycles. The predicted molar refractivity (Wildman–Crippen MR) is 83.5 cm³/mol. The van der Waals surface area contributed by atoms with Crippen LogP contribution in [0.5, 0.6) is 0 Å². The van der Waals surface area contributed by atoms with Gasteiger partial charge in [-0.25, -0.2) is 4.98 Å². The smallest absolute Gasteiger partial charge is 0.108 e. The Bertz CT molecular complexity index is 620. The predicted octanol–water partition coefficient (Wildman–Crippen LogP) is 3.37. The standard InChI is InChI=1S/C16H15N3S/c17-10-9-14-19-15(13-8-4-5-11-18-13)16(20-14)12-6-2-1-3-7-12/h1-8,11H,9-10,17H2. The minimum atomic E-state index is 0.614. The number of benzene rings is 1. The van der Waals surface area contributed by atoms with Crippen LogP contribution in [-0.2, 0) is 6.42 Å². The molecule has 2 N–H and O–H groups in total. The van der Waals surface area contributed by atoms with Gasteiger partial charge >= 0.3 is 0 Å². The minimum Gasteiger partial charge on any atom is -0.330 e. The van der Waals surface area contributed by atoms with Gasteiger partial charge in [0.15, 0.2) is 0 Å². The van der Waals surface area contributed by atoms with E-state index in [0.29, 0.717) is 6.54 Å². The van der Waals surface area contributed by atoms with Crippen molar-refractivity contribution in [3.8, 4) is 21.8 Å². The van der Waals surface area contributed by atoms with Gasteiger partial charge in [-0.1, -0.05) is 36.4 Å². The first kappa shape index (κ1) is 13.0. The topological polar surface area (TPSA) is 51.8 Å². The van der Waals surface area contributed by atoms with Crippen molar-refractivity contribution >= 4 is 11.3 Å². The van der Waals surface area contributed by atoms with Crippen LogP contribution < -0.4 is 5.73 Å². The van der Waals surface area contributed by atoms with Gasteiger partial charge in [-0.05, 0) is 24.2 Å². The van der Waals surface area contributed by atoms with Crippen LogP contribution in [0.25, 0.3) is 21.8 Å². The van der Waals surface area contributed by atoms with Crippen LogP contribution in [0.4, 0.5) is 0 Å². The first-order valence-corrected chi connectivity index (χ1v) is 7.36. The molecule has 20 heavy (non-hydrogen) atoms. The first-order chi connectivity index (χ1) is 9.88. The summed E-state index contributed by atoms with van der Waals surface area (Å²) < 4.78 is 0. The zero-order valence-electron chi connectivity index (χ0n) is 11.0. The maximum Gasteiger partial charge on any atom is 0.108 e. The van der Waals surface area contributed by atoms with Crippen molar-refractivity contribution in [2.24, 2.45) is 5.73 Å². The molecule has 0 saturated heterocycles. The summed E-state index contributed by atoms with van der Waals surface area (Å²) in [7, 11) is 0. The number of nitrogens with two attached hydrogens (primary N) is 1. The minimum absolute atomic E-state index is 0.614. The molecular formula is C16H15N3S.